The third-order valence-electron chi connectivity index (χ3n) is 5.60. The summed E-state index contributed by atoms with van der Waals surface area (Å²) in [4.78, 5) is 23.8. The number of ketones is 1. The minimum atomic E-state index is -0.308. The van der Waals surface area contributed by atoms with Crippen LogP contribution in [0, 0.1) is 16.7 Å². The fourth-order valence-corrected chi connectivity index (χ4v) is 4.40. The largest absolute Gasteiger partial charge is 0.462 e. The minimum Gasteiger partial charge on any atom is -0.462 e. The van der Waals surface area contributed by atoms with Crippen LogP contribution >= 0.6 is 0 Å². The molecule has 2 saturated carbocycles. The third-order valence-corrected chi connectivity index (χ3v) is 5.60. The highest BCUT2D eigenvalue weighted by Crippen LogP contribution is 2.60. The van der Waals surface area contributed by atoms with Gasteiger partial charge in [-0.2, -0.15) is 0 Å². The monoisotopic (exact) mass is 266 g/mol. The van der Waals surface area contributed by atoms with Crippen LogP contribution in [0.2, 0.25) is 0 Å². The van der Waals surface area contributed by atoms with Crippen molar-refractivity contribution in [3.63, 3.8) is 0 Å². The van der Waals surface area contributed by atoms with Gasteiger partial charge >= 0.3 is 5.97 Å². The van der Waals surface area contributed by atoms with E-state index in [4.69, 9.17) is 9.47 Å². The van der Waals surface area contributed by atoms with Crippen LogP contribution in [0.15, 0.2) is 0 Å². The lowest BCUT2D eigenvalue weighted by atomic mass is 9.50. The normalized spacial score (nSPS) is 47.1. The van der Waals surface area contributed by atoms with Crippen molar-refractivity contribution < 1.29 is 19.1 Å². The van der Waals surface area contributed by atoms with E-state index < -0.39 is 0 Å². The van der Waals surface area contributed by atoms with Gasteiger partial charge in [-0.15, -0.1) is 0 Å². The Morgan fingerprint density at radius 3 is 2.68 bits per heavy atom. The fraction of sp³-hybridized carbons (Fsp3) is 0.867. The lowest BCUT2D eigenvalue weighted by Crippen LogP contribution is -2.57. The molecule has 1 aliphatic heterocycles. The molecule has 0 N–H and O–H groups in total. The van der Waals surface area contributed by atoms with E-state index in [2.05, 4.69) is 20.8 Å². The van der Waals surface area contributed by atoms with Gasteiger partial charge in [0.05, 0.1) is 6.10 Å². The third kappa shape index (κ3) is 1.76. The van der Waals surface area contributed by atoms with Crippen LogP contribution in [0.5, 0.6) is 0 Å². The highest BCUT2D eigenvalue weighted by atomic mass is 16.6. The highest BCUT2D eigenvalue weighted by molar-refractivity contribution is 5.92. The number of hydrogen-bond acceptors (Lipinski definition) is 4. The van der Waals surface area contributed by atoms with E-state index in [0.29, 0.717) is 0 Å². The molecule has 0 spiro atoms. The van der Waals surface area contributed by atoms with Crippen molar-refractivity contribution in [3.8, 4) is 0 Å². The van der Waals surface area contributed by atoms with Crippen LogP contribution < -0.4 is 0 Å². The summed E-state index contributed by atoms with van der Waals surface area (Å²) in [6.45, 7) is 7.77. The van der Waals surface area contributed by atoms with Crippen LogP contribution in [0.1, 0.15) is 47.0 Å². The molecule has 106 valence electrons. The van der Waals surface area contributed by atoms with Crippen molar-refractivity contribution in [1.29, 1.82) is 0 Å². The van der Waals surface area contributed by atoms with Crippen LogP contribution in [0.3, 0.4) is 0 Å². The maximum Gasteiger partial charge on any atom is 0.302 e. The zero-order chi connectivity index (χ0) is 14.0. The maximum absolute atomic E-state index is 12.5. The van der Waals surface area contributed by atoms with E-state index in [-0.39, 0.29) is 46.8 Å². The molecule has 3 fully saturated rings. The second kappa shape index (κ2) is 3.81. The summed E-state index contributed by atoms with van der Waals surface area (Å²) in [5, 5.41) is 0. The number of carbonyl (C=O) groups excluding carboxylic acids is 2. The maximum atomic E-state index is 12.5. The minimum absolute atomic E-state index is 0.0915. The standard InChI is InChI=1S/C15H22O4/c1-8(16)18-11-5-6-15(4)10(14(11,2)3)7-9-12(19-9)13(15)17/h9-12H,5-7H2,1-4H3/t9-,10+,11-,12-,15+/m0/s1. The summed E-state index contributed by atoms with van der Waals surface area (Å²) in [6.07, 6.45) is 2.35. The molecule has 0 aromatic carbocycles. The topological polar surface area (TPSA) is 55.9 Å². The lowest BCUT2D eigenvalue weighted by Gasteiger charge is -2.54. The Kier molecular flexibility index (Phi) is 2.63. The van der Waals surface area contributed by atoms with Crippen molar-refractivity contribution in [1.82, 2.24) is 0 Å². The number of hydrogen-bond donors (Lipinski definition) is 0. The van der Waals surface area contributed by atoms with Crippen molar-refractivity contribution in [2.45, 2.75) is 65.3 Å². The molecule has 0 radical (unpaired) electrons. The zero-order valence-electron chi connectivity index (χ0n) is 12.1. The van der Waals surface area contributed by atoms with Crippen LogP contribution in [0.4, 0.5) is 0 Å². The SMILES string of the molecule is CC(=O)O[C@H]1CC[C@@]2(C)C(=O)[C@H]3O[C@H]3C[C@@H]2C1(C)C. The van der Waals surface area contributed by atoms with Gasteiger partial charge < -0.3 is 9.47 Å². The van der Waals surface area contributed by atoms with Gasteiger partial charge in [0.2, 0.25) is 0 Å². The second-order valence-corrected chi connectivity index (χ2v) is 7.12. The molecule has 4 heteroatoms. The van der Waals surface area contributed by atoms with Gasteiger partial charge in [-0.3, -0.25) is 9.59 Å². The van der Waals surface area contributed by atoms with Gasteiger partial charge in [0, 0.05) is 17.8 Å². The Labute approximate surface area is 113 Å². The Hall–Kier alpha value is -0.900. The molecule has 4 nitrogen and oxygen atoms in total. The van der Waals surface area contributed by atoms with Gasteiger partial charge in [0.15, 0.2) is 5.78 Å². The Morgan fingerprint density at radius 1 is 1.37 bits per heavy atom. The van der Waals surface area contributed by atoms with Gasteiger partial charge in [-0.05, 0) is 25.2 Å². The van der Waals surface area contributed by atoms with E-state index in [9.17, 15) is 9.59 Å². The average molecular weight is 266 g/mol. The summed E-state index contributed by atoms with van der Waals surface area (Å²) in [5.41, 5.74) is -0.483. The number of esters is 1. The van der Waals surface area contributed by atoms with Crippen molar-refractivity contribution in [2.24, 2.45) is 16.7 Å². The molecule has 19 heavy (non-hydrogen) atoms. The molecule has 1 saturated heterocycles. The van der Waals surface area contributed by atoms with E-state index in [1.54, 1.807) is 0 Å². The molecule has 0 amide bonds. The Morgan fingerprint density at radius 2 is 2.05 bits per heavy atom. The van der Waals surface area contributed by atoms with Gasteiger partial charge in [-0.1, -0.05) is 20.8 Å². The first-order valence-corrected chi connectivity index (χ1v) is 7.14. The number of ether oxygens (including phenoxy) is 2. The van der Waals surface area contributed by atoms with Gasteiger partial charge in [-0.25, -0.2) is 0 Å². The molecular weight excluding hydrogens is 244 g/mol. The second-order valence-electron chi connectivity index (χ2n) is 7.12. The molecule has 1 heterocycles. The summed E-state index contributed by atoms with van der Waals surface area (Å²) in [7, 11) is 0. The fourth-order valence-electron chi connectivity index (χ4n) is 4.40. The molecule has 0 unspecified atom stereocenters. The summed E-state index contributed by atoms with van der Waals surface area (Å²) < 4.78 is 11.0. The zero-order valence-corrected chi connectivity index (χ0v) is 12.1. The lowest BCUT2D eigenvalue weighted by molar-refractivity contribution is -0.173. The van der Waals surface area contributed by atoms with Crippen LogP contribution in [-0.2, 0) is 19.1 Å². The van der Waals surface area contributed by atoms with Crippen molar-refractivity contribution in [2.75, 3.05) is 0 Å². The molecule has 2 aliphatic carbocycles. The van der Waals surface area contributed by atoms with Crippen LogP contribution in [-0.4, -0.2) is 30.1 Å². The van der Waals surface area contributed by atoms with Crippen LogP contribution in [0.25, 0.3) is 0 Å². The summed E-state index contributed by atoms with van der Waals surface area (Å²) >= 11 is 0. The van der Waals surface area contributed by atoms with Crippen molar-refractivity contribution in [3.05, 3.63) is 0 Å². The summed E-state index contributed by atoms with van der Waals surface area (Å²) in [5.74, 6) is 0.266. The molecule has 5 atom stereocenters. The Bertz CT molecular complexity index is 441. The summed E-state index contributed by atoms with van der Waals surface area (Å²) in [6, 6.07) is 0. The molecule has 3 aliphatic rings. The molecule has 0 aromatic heterocycles. The Balaban J connectivity index is 1.90. The highest BCUT2D eigenvalue weighted by Gasteiger charge is 2.66. The van der Waals surface area contributed by atoms with E-state index in [1.807, 2.05) is 0 Å². The van der Waals surface area contributed by atoms with Gasteiger partial charge in [0.1, 0.15) is 12.2 Å². The van der Waals surface area contributed by atoms with E-state index >= 15 is 0 Å². The molecular formula is C15H22O4. The predicted molar refractivity (Wildman–Crippen MR) is 68.5 cm³/mol. The first-order chi connectivity index (χ1) is 8.76. The van der Waals surface area contributed by atoms with E-state index in [1.165, 1.54) is 6.92 Å². The number of epoxide rings is 1. The number of rotatable bonds is 1. The number of carbonyl (C=O) groups is 2. The molecule has 0 aromatic rings. The number of Topliss-reactive ketones (excluding diaryl/α,β-unsaturated/α-hetero) is 1. The molecule has 0 bridgehead atoms. The quantitative estimate of drug-likeness (QED) is 0.539. The van der Waals surface area contributed by atoms with Gasteiger partial charge in [0.25, 0.3) is 0 Å². The average Bonchev–Trinajstić information content (AvgIpc) is 3.06. The number of fused-ring (bicyclic) bond motifs is 2. The molecule has 3 rings (SSSR count). The smallest absolute Gasteiger partial charge is 0.302 e. The first kappa shape index (κ1) is 13.1. The first-order valence-electron chi connectivity index (χ1n) is 7.14. The van der Waals surface area contributed by atoms with Crippen molar-refractivity contribution >= 4 is 11.8 Å². The van der Waals surface area contributed by atoms with E-state index in [0.717, 1.165) is 19.3 Å². The predicted octanol–water partition coefficient (Wildman–Crippen LogP) is 2.10.